The number of carboxylic acid groups (broad SMARTS) is 1. The smallest absolute Gasteiger partial charge is 0.327 e. The maximum atomic E-state index is 11.8. The molecule has 1 aromatic rings. The number of benzene rings is 1. The van der Waals surface area contributed by atoms with Crippen LogP contribution in [0.5, 0.6) is 0 Å². The summed E-state index contributed by atoms with van der Waals surface area (Å²) in [6.07, 6.45) is 0.583. The van der Waals surface area contributed by atoms with Crippen molar-refractivity contribution in [1.82, 2.24) is 5.32 Å². The zero-order valence-electron chi connectivity index (χ0n) is 9.43. The van der Waals surface area contributed by atoms with E-state index in [1.807, 2.05) is 12.1 Å². The molecule has 0 saturated carbocycles. The molecule has 2 atom stereocenters. The number of rotatable bonds is 3. The summed E-state index contributed by atoms with van der Waals surface area (Å²) in [6.45, 7) is 0. The summed E-state index contributed by atoms with van der Waals surface area (Å²) < 4.78 is 0. The Morgan fingerprint density at radius 3 is 2.67 bits per heavy atom. The monoisotopic (exact) mass is 285 g/mol. The molecule has 0 spiro atoms. The first kappa shape index (κ1) is 13.2. The summed E-state index contributed by atoms with van der Waals surface area (Å²) in [4.78, 5) is 22.5. The minimum atomic E-state index is -0.985. The van der Waals surface area contributed by atoms with Gasteiger partial charge in [-0.3, -0.25) is 4.79 Å². The minimum Gasteiger partial charge on any atom is -0.480 e. The highest BCUT2D eigenvalue weighted by Crippen LogP contribution is 2.22. The SMILES string of the molecule is O=C(O)[C@@H]1CS[C@H](Cc2ccc(Cl)cc2)C(=O)N1. The van der Waals surface area contributed by atoms with Gasteiger partial charge in [-0.15, -0.1) is 11.8 Å². The van der Waals surface area contributed by atoms with E-state index in [-0.39, 0.29) is 11.2 Å². The number of carboxylic acids is 1. The van der Waals surface area contributed by atoms with Crippen LogP contribution in [0.25, 0.3) is 0 Å². The number of nitrogens with one attached hydrogen (secondary N) is 1. The van der Waals surface area contributed by atoms with E-state index in [9.17, 15) is 9.59 Å². The van der Waals surface area contributed by atoms with Crippen molar-refractivity contribution >= 4 is 35.2 Å². The van der Waals surface area contributed by atoms with E-state index in [1.165, 1.54) is 11.8 Å². The summed E-state index contributed by atoms with van der Waals surface area (Å²) in [5.74, 6) is -0.798. The first-order chi connectivity index (χ1) is 8.56. The number of halogens is 1. The van der Waals surface area contributed by atoms with Gasteiger partial charge < -0.3 is 10.4 Å². The van der Waals surface area contributed by atoms with Crippen molar-refractivity contribution < 1.29 is 14.7 Å². The molecule has 1 aromatic carbocycles. The van der Waals surface area contributed by atoms with Crippen LogP contribution in [0.4, 0.5) is 0 Å². The van der Waals surface area contributed by atoms with Crippen LogP contribution < -0.4 is 5.32 Å². The number of amides is 1. The molecule has 2 rings (SSSR count). The second-order valence-electron chi connectivity index (χ2n) is 4.05. The van der Waals surface area contributed by atoms with E-state index in [0.717, 1.165) is 5.56 Å². The van der Waals surface area contributed by atoms with Gasteiger partial charge in [0.2, 0.25) is 5.91 Å². The van der Waals surface area contributed by atoms with Crippen LogP contribution in [0.3, 0.4) is 0 Å². The van der Waals surface area contributed by atoms with E-state index >= 15 is 0 Å². The summed E-state index contributed by atoms with van der Waals surface area (Å²) in [6, 6.07) is 6.54. The van der Waals surface area contributed by atoms with Gasteiger partial charge in [-0.25, -0.2) is 4.79 Å². The Labute approximate surface area is 114 Å². The number of thioether (sulfide) groups is 1. The average molecular weight is 286 g/mol. The molecule has 1 fully saturated rings. The quantitative estimate of drug-likeness (QED) is 0.885. The zero-order chi connectivity index (χ0) is 13.1. The van der Waals surface area contributed by atoms with Crippen LogP contribution in [-0.2, 0) is 16.0 Å². The molecule has 0 bridgehead atoms. The van der Waals surface area contributed by atoms with Gasteiger partial charge in [0.15, 0.2) is 0 Å². The molecule has 1 amide bonds. The average Bonchev–Trinajstić information content (AvgIpc) is 2.34. The summed E-state index contributed by atoms with van der Waals surface area (Å²) >= 11 is 7.17. The van der Waals surface area contributed by atoms with E-state index in [0.29, 0.717) is 17.2 Å². The lowest BCUT2D eigenvalue weighted by Crippen LogP contribution is -2.51. The molecule has 0 aliphatic carbocycles. The molecule has 6 heteroatoms. The number of hydrogen-bond donors (Lipinski definition) is 2. The van der Waals surface area contributed by atoms with Crippen LogP contribution in [0, 0.1) is 0 Å². The highest BCUT2D eigenvalue weighted by Gasteiger charge is 2.32. The second-order valence-corrected chi connectivity index (χ2v) is 5.72. The van der Waals surface area contributed by atoms with Gasteiger partial charge in [0.25, 0.3) is 0 Å². The predicted octanol–water partition coefficient (Wildman–Crippen LogP) is 1.57. The lowest BCUT2D eigenvalue weighted by molar-refractivity contribution is -0.141. The Morgan fingerprint density at radius 2 is 2.11 bits per heavy atom. The van der Waals surface area contributed by atoms with Crippen LogP contribution >= 0.6 is 23.4 Å². The molecular formula is C12H12ClNO3S. The van der Waals surface area contributed by atoms with Crippen LogP contribution in [0.15, 0.2) is 24.3 Å². The third kappa shape index (κ3) is 3.17. The lowest BCUT2D eigenvalue weighted by atomic mass is 10.1. The fourth-order valence-electron chi connectivity index (χ4n) is 1.71. The molecule has 0 radical (unpaired) electrons. The molecule has 1 heterocycles. The molecule has 1 aliphatic heterocycles. The second kappa shape index (κ2) is 5.63. The zero-order valence-corrected chi connectivity index (χ0v) is 11.0. The van der Waals surface area contributed by atoms with Gasteiger partial charge in [-0.2, -0.15) is 0 Å². The lowest BCUT2D eigenvalue weighted by Gasteiger charge is -2.26. The summed E-state index contributed by atoms with van der Waals surface area (Å²) in [7, 11) is 0. The maximum Gasteiger partial charge on any atom is 0.327 e. The van der Waals surface area contributed by atoms with Crippen molar-refractivity contribution in [3.8, 4) is 0 Å². The van der Waals surface area contributed by atoms with Gasteiger partial charge in [0.05, 0.1) is 5.25 Å². The van der Waals surface area contributed by atoms with Gasteiger partial charge >= 0.3 is 5.97 Å². The number of carbonyl (C=O) groups is 2. The first-order valence-corrected chi connectivity index (χ1v) is 6.88. The van der Waals surface area contributed by atoms with E-state index in [1.54, 1.807) is 12.1 Å². The molecule has 4 nitrogen and oxygen atoms in total. The fraction of sp³-hybridized carbons (Fsp3) is 0.333. The largest absolute Gasteiger partial charge is 0.480 e. The molecule has 1 aliphatic rings. The van der Waals surface area contributed by atoms with Crippen molar-refractivity contribution in [3.63, 3.8) is 0 Å². The first-order valence-electron chi connectivity index (χ1n) is 5.45. The molecule has 0 aromatic heterocycles. The highest BCUT2D eigenvalue weighted by atomic mass is 35.5. The van der Waals surface area contributed by atoms with Crippen molar-refractivity contribution in [1.29, 1.82) is 0 Å². The summed E-state index contributed by atoms with van der Waals surface area (Å²) in [5, 5.41) is 11.8. The Hall–Kier alpha value is -1.20. The fourth-order valence-corrected chi connectivity index (χ4v) is 3.02. The predicted molar refractivity (Wildman–Crippen MR) is 71.0 cm³/mol. The third-order valence-electron chi connectivity index (χ3n) is 2.71. The molecule has 2 N–H and O–H groups in total. The van der Waals surface area contributed by atoms with E-state index < -0.39 is 12.0 Å². The van der Waals surface area contributed by atoms with Crippen molar-refractivity contribution in [2.45, 2.75) is 17.7 Å². The number of aliphatic carboxylic acids is 1. The number of carbonyl (C=O) groups excluding carboxylic acids is 1. The molecule has 1 saturated heterocycles. The Kier molecular flexibility index (Phi) is 4.14. The molecule has 96 valence electrons. The van der Waals surface area contributed by atoms with Crippen molar-refractivity contribution in [2.75, 3.05) is 5.75 Å². The molecule has 18 heavy (non-hydrogen) atoms. The van der Waals surface area contributed by atoms with Gasteiger partial charge in [-0.1, -0.05) is 23.7 Å². The Morgan fingerprint density at radius 1 is 1.44 bits per heavy atom. The topological polar surface area (TPSA) is 66.4 Å². The molecular weight excluding hydrogens is 274 g/mol. The van der Waals surface area contributed by atoms with Crippen molar-refractivity contribution in [2.24, 2.45) is 0 Å². The van der Waals surface area contributed by atoms with Gasteiger partial charge in [0, 0.05) is 10.8 Å². The highest BCUT2D eigenvalue weighted by molar-refractivity contribution is 8.00. The van der Waals surface area contributed by atoms with Crippen molar-refractivity contribution in [3.05, 3.63) is 34.9 Å². The van der Waals surface area contributed by atoms with E-state index in [4.69, 9.17) is 16.7 Å². The Bertz CT molecular complexity index is 463. The molecule has 0 unspecified atom stereocenters. The normalized spacial score (nSPS) is 23.5. The van der Waals surface area contributed by atoms with Crippen LogP contribution in [-0.4, -0.2) is 34.0 Å². The van der Waals surface area contributed by atoms with Gasteiger partial charge in [-0.05, 0) is 24.1 Å². The van der Waals surface area contributed by atoms with Crippen LogP contribution in [0.2, 0.25) is 5.02 Å². The van der Waals surface area contributed by atoms with Gasteiger partial charge in [0.1, 0.15) is 6.04 Å². The third-order valence-corrected chi connectivity index (χ3v) is 4.27. The maximum absolute atomic E-state index is 11.8. The standard InChI is InChI=1S/C12H12ClNO3S/c13-8-3-1-7(2-4-8)5-10-11(15)14-9(6-18-10)12(16)17/h1-4,9-10H,5-6H2,(H,14,15)(H,16,17)/t9-,10+/m0/s1. The van der Waals surface area contributed by atoms with Crippen LogP contribution in [0.1, 0.15) is 5.56 Å². The summed E-state index contributed by atoms with van der Waals surface area (Å²) in [5.41, 5.74) is 1.01. The Balaban J connectivity index is 1.97. The minimum absolute atomic E-state index is 0.214. The number of hydrogen-bond acceptors (Lipinski definition) is 3. The van der Waals surface area contributed by atoms with E-state index in [2.05, 4.69) is 5.32 Å².